The molecule has 1 fully saturated rings. The topological polar surface area (TPSA) is 28.2 Å². The highest BCUT2D eigenvalue weighted by molar-refractivity contribution is 5.53. The van der Waals surface area contributed by atoms with E-state index in [0.29, 0.717) is 6.04 Å². The largest absolute Gasteiger partial charge is 0.371 e. The minimum absolute atomic E-state index is 0.507. The Morgan fingerprint density at radius 3 is 2.74 bits per heavy atom. The van der Waals surface area contributed by atoms with Crippen molar-refractivity contribution in [3.63, 3.8) is 0 Å². The second-order valence-electron chi connectivity index (χ2n) is 5.97. The summed E-state index contributed by atoms with van der Waals surface area (Å²) in [7, 11) is 0. The zero-order valence-corrected chi connectivity index (χ0v) is 12.7. The van der Waals surface area contributed by atoms with Crippen LogP contribution in [0.3, 0.4) is 0 Å². The van der Waals surface area contributed by atoms with Crippen LogP contribution in [0, 0.1) is 12.8 Å². The highest BCUT2D eigenvalue weighted by Gasteiger charge is 2.24. The van der Waals surface area contributed by atoms with Gasteiger partial charge < -0.3 is 10.2 Å². The molecule has 19 heavy (non-hydrogen) atoms. The van der Waals surface area contributed by atoms with Crippen molar-refractivity contribution >= 4 is 5.69 Å². The maximum Gasteiger partial charge on any atom is 0.0445 e. The van der Waals surface area contributed by atoms with Crippen molar-refractivity contribution < 1.29 is 0 Å². The molecule has 1 aliphatic rings. The summed E-state index contributed by atoms with van der Waals surface area (Å²) in [5, 5.41) is 3.50. The molecular weight excluding hydrogens is 234 g/mol. The smallest absolute Gasteiger partial charge is 0.0445 e. The number of rotatable bonds is 7. The number of aromatic nitrogens is 1. The fourth-order valence-electron chi connectivity index (χ4n) is 2.33. The Labute approximate surface area is 117 Å². The van der Waals surface area contributed by atoms with Crippen LogP contribution in [0.25, 0.3) is 0 Å². The second kappa shape index (κ2) is 6.38. The molecule has 0 aliphatic heterocycles. The van der Waals surface area contributed by atoms with Crippen LogP contribution in [0.15, 0.2) is 12.3 Å². The summed E-state index contributed by atoms with van der Waals surface area (Å²) < 4.78 is 0. The van der Waals surface area contributed by atoms with Gasteiger partial charge in [-0.25, -0.2) is 0 Å². The predicted molar refractivity (Wildman–Crippen MR) is 81.6 cm³/mol. The van der Waals surface area contributed by atoms with Crippen molar-refractivity contribution in [3.8, 4) is 0 Å². The van der Waals surface area contributed by atoms with Gasteiger partial charge in [-0.05, 0) is 38.7 Å². The average molecular weight is 261 g/mol. The Kier molecular flexibility index (Phi) is 4.81. The third-order valence-electron chi connectivity index (χ3n) is 3.70. The van der Waals surface area contributed by atoms with E-state index in [0.717, 1.165) is 24.7 Å². The third-order valence-corrected chi connectivity index (χ3v) is 3.70. The number of nitrogens with one attached hydrogen (secondary N) is 1. The Bertz CT molecular complexity index is 410. The van der Waals surface area contributed by atoms with Crippen LogP contribution < -0.4 is 10.2 Å². The zero-order valence-electron chi connectivity index (χ0n) is 12.7. The second-order valence-corrected chi connectivity index (χ2v) is 5.97. The molecule has 0 radical (unpaired) electrons. The minimum atomic E-state index is 0.507. The molecule has 0 unspecified atom stereocenters. The lowest BCUT2D eigenvalue weighted by Crippen LogP contribution is -2.29. The van der Waals surface area contributed by atoms with E-state index in [9.17, 15) is 0 Å². The number of hydrogen-bond acceptors (Lipinski definition) is 3. The molecule has 0 spiro atoms. The molecule has 0 atom stereocenters. The van der Waals surface area contributed by atoms with Crippen LogP contribution in [-0.2, 0) is 6.54 Å². The van der Waals surface area contributed by atoms with Crippen molar-refractivity contribution in [1.82, 2.24) is 10.3 Å². The summed E-state index contributed by atoms with van der Waals surface area (Å²) in [5.74, 6) is 0.916. The molecule has 3 heteroatoms. The molecule has 1 heterocycles. The molecule has 2 rings (SSSR count). The molecule has 1 saturated carbocycles. The molecule has 1 aromatic heterocycles. The molecule has 1 N–H and O–H groups in total. The van der Waals surface area contributed by atoms with E-state index >= 15 is 0 Å². The molecule has 106 valence electrons. The first-order valence-electron chi connectivity index (χ1n) is 7.54. The highest BCUT2D eigenvalue weighted by atomic mass is 15.1. The van der Waals surface area contributed by atoms with Crippen molar-refractivity contribution in [1.29, 1.82) is 0 Å². The number of aryl methyl sites for hydroxylation is 1. The van der Waals surface area contributed by atoms with Gasteiger partial charge in [0.25, 0.3) is 0 Å². The molecule has 1 aromatic rings. The van der Waals surface area contributed by atoms with E-state index in [2.05, 4.69) is 49.0 Å². The molecule has 3 nitrogen and oxygen atoms in total. The van der Waals surface area contributed by atoms with E-state index in [1.165, 1.54) is 30.6 Å². The Hall–Kier alpha value is -1.09. The Balaban J connectivity index is 2.16. The Morgan fingerprint density at radius 1 is 1.42 bits per heavy atom. The Morgan fingerprint density at radius 2 is 2.16 bits per heavy atom. The van der Waals surface area contributed by atoms with Crippen LogP contribution in [0.5, 0.6) is 0 Å². The molecule has 0 aromatic carbocycles. The monoisotopic (exact) mass is 261 g/mol. The van der Waals surface area contributed by atoms with Gasteiger partial charge >= 0.3 is 0 Å². The summed E-state index contributed by atoms with van der Waals surface area (Å²) in [4.78, 5) is 6.98. The van der Waals surface area contributed by atoms with Crippen LogP contribution in [-0.4, -0.2) is 24.1 Å². The highest BCUT2D eigenvalue weighted by Crippen LogP contribution is 2.32. The molecule has 0 saturated heterocycles. The fourth-order valence-corrected chi connectivity index (χ4v) is 2.33. The molecular formula is C16H27N3. The van der Waals surface area contributed by atoms with Gasteiger partial charge in [-0.2, -0.15) is 0 Å². The summed E-state index contributed by atoms with van der Waals surface area (Å²) in [5.41, 5.74) is 3.80. The van der Waals surface area contributed by atoms with Gasteiger partial charge in [0.1, 0.15) is 0 Å². The molecule has 1 aliphatic carbocycles. The first kappa shape index (κ1) is 14.3. The van der Waals surface area contributed by atoms with E-state index < -0.39 is 0 Å². The normalized spacial score (nSPS) is 15.0. The minimum Gasteiger partial charge on any atom is -0.371 e. The lowest BCUT2D eigenvalue weighted by atomic mass is 10.1. The first-order valence-corrected chi connectivity index (χ1v) is 7.54. The van der Waals surface area contributed by atoms with E-state index in [1.807, 2.05) is 6.20 Å². The summed E-state index contributed by atoms with van der Waals surface area (Å²) in [6.07, 6.45) is 4.84. The summed E-state index contributed by atoms with van der Waals surface area (Å²) in [6.45, 7) is 11.9. The van der Waals surface area contributed by atoms with Crippen molar-refractivity contribution in [2.24, 2.45) is 5.92 Å². The van der Waals surface area contributed by atoms with Crippen LogP contribution in [0.1, 0.15) is 44.9 Å². The van der Waals surface area contributed by atoms with Gasteiger partial charge in [0.05, 0.1) is 0 Å². The van der Waals surface area contributed by atoms with Crippen LogP contribution >= 0.6 is 0 Å². The van der Waals surface area contributed by atoms with Gasteiger partial charge in [0, 0.05) is 48.8 Å². The lowest BCUT2D eigenvalue weighted by Gasteiger charge is -2.26. The standard InChI is InChI=1S/C16H27N3/c1-5-19(11-14-6-7-14)16-8-13(4)18-10-15(16)9-17-12(2)3/h8,10,12,14,17H,5-7,9,11H2,1-4H3. The quantitative estimate of drug-likeness (QED) is 0.817. The van der Waals surface area contributed by atoms with E-state index in [1.54, 1.807) is 0 Å². The van der Waals surface area contributed by atoms with E-state index in [-0.39, 0.29) is 0 Å². The van der Waals surface area contributed by atoms with Crippen molar-refractivity contribution in [3.05, 3.63) is 23.5 Å². The first-order chi connectivity index (χ1) is 9.10. The van der Waals surface area contributed by atoms with Crippen LogP contribution in [0.2, 0.25) is 0 Å². The van der Waals surface area contributed by atoms with Crippen molar-refractivity contribution in [2.75, 3.05) is 18.0 Å². The maximum absolute atomic E-state index is 4.46. The van der Waals surface area contributed by atoms with Gasteiger partial charge in [-0.15, -0.1) is 0 Å². The summed E-state index contributed by atoms with van der Waals surface area (Å²) in [6, 6.07) is 2.75. The summed E-state index contributed by atoms with van der Waals surface area (Å²) >= 11 is 0. The van der Waals surface area contributed by atoms with Gasteiger partial charge in [-0.3, -0.25) is 4.98 Å². The average Bonchev–Trinajstić information content (AvgIpc) is 3.18. The van der Waals surface area contributed by atoms with E-state index in [4.69, 9.17) is 0 Å². The number of pyridine rings is 1. The van der Waals surface area contributed by atoms with Gasteiger partial charge in [-0.1, -0.05) is 13.8 Å². The number of hydrogen-bond donors (Lipinski definition) is 1. The number of nitrogens with zero attached hydrogens (tertiary/aromatic N) is 2. The zero-order chi connectivity index (χ0) is 13.8. The molecule has 0 bridgehead atoms. The predicted octanol–water partition coefficient (Wildman–Crippen LogP) is 3.12. The van der Waals surface area contributed by atoms with Gasteiger partial charge in [0.15, 0.2) is 0 Å². The SMILES string of the molecule is CCN(CC1CC1)c1cc(C)ncc1CNC(C)C. The van der Waals surface area contributed by atoms with Gasteiger partial charge in [0.2, 0.25) is 0 Å². The maximum atomic E-state index is 4.46. The van der Waals surface area contributed by atoms with Crippen molar-refractivity contribution in [2.45, 2.75) is 53.1 Å². The lowest BCUT2D eigenvalue weighted by molar-refractivity contribution is 0.586. The number of anilines is 1. The van der Waals surface area contributed by atoms with Crippen LogP contribution in [0.4, 0.5) is 5.69 Å². The third kappa shape index (κ3) is 4.20. The molecule has 0 amide bonds. The fraction of sp³-hybridized carbons (Fsp3) is 0.688.